The van der Waals surface area contributed by atoms with Crippen molar-refractivity contribution >= 4 is 44.0 Å². The molecule has 1 aromatic heterocycles. The van der Waals surface area contributed by atoms with Crippen molar-refractivity contribution in [3.63, 3.8) is 0 Å². The number of halogens is 2. The Morgan fingerprint density at radius 2 is 1.89 bits per heavy atom. The quantitative estimate of drug-likeness (QED) is 0.386. The van der Waals surface area contributed by atoms with Crippen LogP contribution in [-0.4, -0.2) is 28.9 Å². The summed E-state index contributed by atoms with van der Waals surface area (Å²) in [6, 6.07) is 14.7. The molecule has 2 aromatic carbocycles. The van der Waals surface area contributed by atoms with Crippen LogP contribution in [0.2, 0.25) is 0 Å². The predicted molar refractivity (Wildman–Crippen MR) is 116 cm³/mol. The van der Waals surface area contributed by atoms with Crippen molar-refractivity contribution in [3.05, 3.63) is 74.4 Å². The van der Waals surface area contributed by atoms with Gasteiger partial charge in [0, 0.05) is 15.9 Å². The van der Waals surface area contributed by atoms with E-state index in [4.69, 9.17) is 4.74 Å². The van der Waals surface area contributed by atoms with Gasteiger partial charge in [0.05, 0.1) is 29.1 Å². The van der Waals surface area contributed by atoms with E-state index in [0.717, 1.165) is 22.8 Å². The molecule has 0 unspecified atom stereocenters. The average Bonchev–Trinajstić information content (AvgIpc) is 3.05. The van der Waals surface area contributed by atoms with E-state index in [9.17, 15) is 9.90 Å². The lowest BCUT2D eigenvalue weighted by Crippen LogP contribution is -2.18. The minimum absolute atomic E-state index is 0.111. The van der Waals surface area contributed by atoms with Crippen LogP contribution in [0.4, 0.5) is 0 Å². The molecule has 0 fully saturated rings. The standard InChI is InChI=1S/C20H17Br2N3O3/c1-12-3-4-15(25(12)14-5-7-16(28-2)8-6-14)11-23-24-20(27)17-9-13(21)10-18(22)19(17)26/h3-11,26H,1-2H3,(H,24,27)/b23-11+. The number of nitrogens with zero attached hydrogens (tertiary/aromatic N) is 2. The lowest BCUT2D eigenvalue weighted by molar-refractivity contribution is 0.0952. The Morgan fingerprint density at radius 3 is 2.57 bits per heavy atom. The number of nitrogens with one attached hydrogen (secondary N) is 1. The van der Waals surface area contributed by atoms with Crippen LogP contribution in [0.3, 0.4) is 0 Å². The largest absolute Gasteiger partial charge is 0.506 e. The highest BCUT2D eigenvalue weighted by Gasteiger charge is 2.14. The zero-order chi connectivity index (χ0) is 20.3. The number of aromatic hydroxyl groups is 1. The SMILES string of the molecule is COc1ccc(-n2c(C)ccc2/C=N/NC(=O)c2cc(Br)cc(Br)c2O)cc1. The number of hydrazone groups is 1. The molecule has 8 heteroatoms. The second-order valence-corrected chi connectivity index (χ2v) is 7.69. The third-order valence-corrected chi connectivity index (χ3v) is 5.13. The number of aryl methyl sites for hydroxylation is 1. The third kappa shape index (κ3) is 4.28. The number of phenolic OH excluding ortho intramolecular Hbond substituents is 1. The van der Waals surface area contributed by atoms with Crippen molar-refractivity contribution in [1.82, 2.24) is 9.99 Å². The molecule has 0 radical (unpaired) electrons. The minimum atomic E-state index is -0.518. The summed E-state index contributed by atoms with van der Waals surface area (Å²) in [6.45, 7) is 1.98. The lowest BCUT2D eigenvalue weighted by atomic mass is 10.2. The summed E-state index contributed by atoms with van der Waals surface area (Å²) >= 11 is 6.50. The highest BCUT2D eigenvalue weighted by atomic mass is 79.9. The molecule has 0 aliphatic rings. The molecule has 0 atom stereocenters. The minimum Gasteiger partial charge on any atom is -0.506 e. The highest BCUT2D eigenvalue weighted by molar-refractivity contribution is 9.11. The topological polar surface area (TPSA) is 75.8 Å². The van der Waals surface area contributed by atoms with Gasteiger partial charge in [0.2, 0.25) is 0 Å². The average molecular weight is 507 g/mol. The molecule has 0 saturated carbocycles. The number of benzene rings is 2. The van der Waals surface area contributed by atoms with Crippen LogP contribution in [0.25, 0.3) is 5.69 Å². The summed E-state index contributed by atoms with van der Waals surface area (Å²) < 4.78 is 8.28. The van der Waals surface area contributed by atoms with Crippen LogP contribution in [0, 0.1) is 6.92 Å². The van der Waals surface area contributed by atoms with Gasteiger partial charge >= 0.3 is 0 Å². The molecule has 144 valence electrons. The maximum Gasteiger partial charge on any atom is 0.275 e. The van der Waals surface area contributed by atoms with Crippen LogP contribution < -0.4 is 10.2 Å². The monoisotopic (exact) mass is 505 g/mol. The number of rotatable bonds is 5. The van der Waals surface area contributed by atoms with Gasteiger partial charge in [-0.3, -0.25) is 4.79 Å². The Balaban J connectivity index is 1.81. The first-order valence-corrected chi connectivity index (χ1v) is 9.83. The van der Waals surface area contributed by atoms with E-state index in [1.165, 1.54) is 6.07 Å². The second kappa shape index (κ2) is 8.62. The van der Waals surface area contributed by atoms with Crippen molar-refractivity contribution in [1.29, 1.82) is 0 Å². The Labute approximate surface area is 179 Å². The molecule has 3 aromatic rings. The van der Waals surface area contributed by atoms with E-state index in [0.29, 0.717) is 8.95 Å². The Morgan fingerprint density at radius 1 is 1.18 bits per heavy atom. The molecular formula is C20H17Br2N3O3. The van der Waals surface area contributed by atoms with Crippen molar-refractivity contribution in [3.8, 4) is 17.2 Å². The molecule has 1 amide bonds. The number of phenols is 1. The molecule has 0 aliphatic carbocycles. The summed E-state index contributed by atoms with van der Waals surface area (Å²) in [5.74, 6) is 0.111. The van der Waals surface area contributed by atoms with Crippen molar-refractivity contribution in [2.24, 2.45) is 5.10 Å². The molecule has 28 heavy (non-hydrogen) atoms. The van der Waals surface area contributed by atoms with Crippen molar-refractivity contribution in [2.45, 2.75) is 6.92 Å². The first-order chi connectivity index (χ1) is 13.4. The van der Waals surface area contributed by atoms with Crippen molar-refractivity contribution in [2.75, 3.05) is 7.11 Å². The fourth-order valence-electron chi connectivity index (χ4n) is 2.70. The second-order valence-electron chi connectivity index (χ2n) is 5.92. The summed E-state index contributed by atoms with van der Waals surface area (Å²) in [5, 5.41) is 14.1. The van der Waals surface area contributed by atoms with Gasteiger partial charge in [-0.15, -0.1) is 0 Å². The Hall–Kier alpha value is -2.58. The van der Waals surface area contributed by atoms with Crippen molar-refractivity contribution < 1.29 is 14.6 Å². The summed E-state index contributed by atoms with van der Waals surface area (Å²) in [7, 11) is 1.62. The van der Waals surface area contributed by atoms with E-state index in [2.05, 4.69) is 42.4 Å². The Bertz CT molecular complexity index is 1040. The number of amides is 1. The fraction of sp³-hybridized carbons (Fsp3) is 0.100. The molecule has 0 spiro atoms. The molecule has 0 saturated heterocycles. The van der Waals surface area contributed by atoms with Gasteiger partial charge in [0.1, 0.15) is 11.5 Å². The number of aromatic nitrogens is 1. The summed E-state index contributed by atoms with van der Waals surface area (Å²) in [4.78, 5) is 12.3. The number of methoxy groups -OCH3 is 1. The highest BCUT2D eigenvalue weighted by Crippen LogP contribution is 2.31. The third-order valence-electron chi connectivity index (χ3n) is 4.07. The van der Waals surface area contributed by atoms with Gasteiger partial charge in [-0.1, -0.05) is 15.9 Å². The molecule has 2 N–H and O–H groups in total. The van der Waals surface area contributed by atoms with Gasteiger partial charge in [-0.2, -0.15) is 5.10 Å². The van der Waals surface area contributed by atoms with Gasteiger partial charge < -0.3 is 14.4 Å². The zero-order valence-corrected chi connectivity index (χ0v) is 18.3. The van der Waals surface area contributed by atoms with Crippen LogP contribution in [0.5, 0.6) is 11.5 Å². The maximum atomic E-state index is 12.3. The molecular weight excluding hydrogens is 490 g/mol. The normalized spacial score (nSPS) is 11.0. The fourth-order valence-corrected chi connectivity index (χ4v) is 3.93. The van der Waals surface area contributed by atoms with Crippen LogP contribution in [0.15, 0.2) is 62.6 Å². The van der Waals surface area contributed by atoms with Crippen LogP contribution >= 0.6 is 31.9 Å². The van der Waals surface area contributed by atoms with Gasteiger partial charge in [-0.25, -0.2) is 5.43 Å². The molecule has 6 nitrogen and oxygen atoms in total. The van der Waals surface area contributed by atoms with Gasteiger partial charge in [-0.05, 0) is 71.4 Å². The zero-order valence-electron chi connectivity index (χ0n) is 15.1. The number of hydrogen-bond donors (Lipinski definition) is 2. The summed E-state index contributed by atoms with van der Waals surface area (Å²) in [6.07, 6.45) is 1.55. The lowest BCUT2D eigenvalue weighted by Gasteiger charge is -2.10. The van der Waals surface area contributed by atoms with E-state index in [-0.39, 0.29) is 11.3 Å². The molecule has 3 rings (SSSR count). The van der Waals surface area contributed by atoms with Crippen LogP contribution in [0.1, 0.15) is 21.7 Å². The molecule has 0 bridgehead atoms. The first kappa shape index (κ1) is 20.2. The summed E-state index contributed by atoms with van der Waals surface area (Å²) in [5.41, 5.74) is 5.32. The van der Waals surface area contributed by atoms with E-state index in [1.54, 1.807) is 19.4 Å². The number of carbonyl (C=O) groups excluding carboxylic acids is 1. The molecule has 0 aliphatic heterocycles. The van der Waals surface area contributed by atoms with Gasteiger partial charge in [0.25, 0.3) is 5.91 Å². The first-order valence-electron chi connectivity index (χ1n) is 8.25. The maximum absolute atomic E-state index is 12.3. The van der Waals surface area contributed by atoms with E-state index < -0.39 is 5.91 Å². The van der Waals surface area contributed by atoms with Crippen LogP contribution in [-0.2, 0) is 0 Å². The Kier molecular flexibility index (Phi) is 6.21. The predicted octanol–water partition coefficient (Wildman–Crippen LogP) is 4.79. The molecule has 1 heterocycles. The van der Waals surface area contributed by atoms with Gasteiger partial charge in [0.15, 0.2) is 0 Å². The smallest absolute Gasteiger partial charge is 0.275 e. The number of carbonyl (C=O) groups is 1. The number of ether oxygens (including phenoxy) is 1. The number of hydrogen-bond acceptors (Lipinski definition) is 4. The van der Waals surface area contributed by atoms with E-state index >= 15 is 0 Å². The van der Waals surface area contributed by atoms with E-state index in [1.807, 2.05) is 47.9 Å².